The van der Waals surface area contributed by atoms with Gasteiger partial charge in [-0.3, -0.25) is 0 Å². The third-order valence-electron chi connectivity index (χ3n) is 2.58. The van der Waals surface area contributed by atoms with Gasteiger partial charge in [-0.05, 0) is 49.2 Å². The number of nitrogens with two attached hydrogens (primary N) is 1. The second kappa shape index (κ2) is 6.29. The van der Waals surface area contributed by atoms with Crippen molar-refractivity contribution in [2.75, 3.05) is 0 Å². The van der Waals surface area contributed by atoms with Crippen LogP contribution in [0.4, 0.5) is 0 Å². The Morgan fingerprint density at radius 1 is 1.16 bits per heavy atom. The Labute approximate surface area is 123 Å². The zero-order valence-corrected chi connectivity index (χ0v) is 12.1. The van der Waals surface area contributed by atoms with Crippen LogP contribution in [0, 0.1) is 0 Å². The Bertz CT molecular complexity index is 570. The molecule has 100 valence electrons. The summed E-state index contributed by atoms with van der Waals surface area (Å²) in [5.41, 5.74) is 6.93. The highest BCUT2D eigenvalue weighted by molar-refractivity contribution is 6.35. The predicted octanol–water partition coefficient (Wildman–Crippen LogP) is 4.68. The lowest BCUT2D eigenvalue weighted by Gasteiger charge is -2.10. The predicted molar refractivity (Wildman–Crippen MR) is 80.3 cm³/mol. The molecule has 0 heterocycles. The lowest BCUT2D eigenvalue weighted by atomic mass is 10.1. The van der Waals surface area contributed by atoms with E-state index < -0.39 is 0 Å². The summed E-state index contributed by atoms with van der Waals surface area (Å²) < 4.78 is 5.75. The first-order valence-electron chi connectivity index (χ1n) is 6.02. The molecular weight excluding hydrogens is 281 g/mol. The first kappa shape index (κ1) is 14.2. The third kappa shape index (κ3) is 4.13. The Morgan fingerprint density at radius 3 is 2.63 bits per heavy atom. The number of hydrogen-bond acceptors (Lipinski definition) is 2. The van der Waals surface area contributed by atoms with Gasteiger partial charge in [-0.1, -0.05) is 35.3 Å². The molecule has 0 bridgehead atoms. The van der Waals surface area contributed by atoms with E-state index in [1.54, 1.807) is 18.2 Å². The van der Waals surface area contributed by atoms with Crippen molar-refractivity contribution in [1.29, 1.82) is 0 Å². The van der Waals surface area contributed by atoms with Crippen molar-refractivity contribution >= 4 is 23.2 Å². The average Bonchev–Trinajstić information content (AvgIpc) is 2.32. The Kier molecular flexibility index (Phi) is 4.70. The highest BCUT2D eigenvalue weighted by Gasteiger charge is 2.05. The quantitative estimate of drug-likeness (QED) is 0.889. The van der Waals surface area contributed by atoms with E-state index in [4.69, 9.17) is 33.7 Å². The van der Waals surface area contributed by atoms with E-state index in [9.17, 15) is 0 Å². The minimum Gasteiger partial charge on any atom is -0.456 e. The SMILES string of the molecule is CC(N)Cc1cccc(Oc2ccc(Cl)cc2Cl)c1. The maximum absolute atomic E-state index is 6.07. The van der Waals surface area contributed by atoms with E-state index in [0.29, 0.717) is 15.8 Å². The highest BCUT2D eigenvalue weighted by atomic mass is 35.5. The van der Waals surface area contributed by atoms with Crippen LogP contribution in [0.3, 0.4) is 0 Å². The number of hydrogen-bond donors (Lipinski definition) is 1. The molecule has 0 fully saturated rings. The minimum atomic E-state index is 0.120. The summed E-state index contributed by atoms with van der Waals surface area (Å²) in [6.45, 7) is 1.98. The van der Waals surface area contributed by atoms with Crippen LogP contribution >= 0.6 is 23.2 Å². The molecule has 0 saturated heterocycles. The topological polar surface area (TPSA) is 35.2 Å². The third-order valence-corrected chi connectivity index (χ3v) is 3.11. The summed E-state index contributed by atoms with van der Waals surface area (Å²) in [5, 5.41) is 1.08. The monoisotopic (exact) mass is 295 g/mol. The fourth-order valence-corrected chi connectivity index (χ4v) is 2.24. The van der Waals surface area contributed by atoms with Crippen LogP contribution < -0.4 is 10.5 Å². The Morgan fingerprint density at radius 2 is 1.95 bits per heavy atom. The van der Waals surface area contributed by atoms with Crippen molar-refractivity contribution in [3.63, 3.8) is 0 Å². The molecule has 2 rings (SSSR count). The fourth-order valence-electron chi connectivity index (χ4n) is 1.79. The fraction of sp³-hybridized carbons (Fsp3) is 0.200. The zero-order chi connectivity index (χ0) is 13.8. The molecule has 4 heteroatoms. The molecule has 0 radical (unpaired) electrons. The van der Waals surface area contributed by atoms with Gasteiger partial charge in [-0.15, -0.1) is 0 Å². The van der Waals surface area contributed by atoms with Crippen molar-refractivity contribution in [2.45, 2.75) is 19.4 Å². The molecule has 0 aliphatic heterocycles. The molecule has 1 atom stereocenters. The van der Waals surface area contributed by atoms with Crippen molar-refractivity contribution in [2.24, 2.45) is 5.73 Å². The molecular formula is C15H15Cl2NO. The summed E-state index contributed by atoms with van der Waals surface area (Å²) in [4.78, 5) is 0. The first-order chi connectivity index (χ1) is 9.04. The largest absolute Gasteiger partial charge is 0.456 e. The second-order valence-electron chi connectivity index (χ2n) is 4.51. The normalized spacial score (nSPS) is 12.2. The van der Waals surface area contributed by atoms with Crippen LogP contribution in [0.25, 0.3) is 0 Å². The van der Waals surface area contributed by atoms with Gasteiger partial charge >= 0.3 is 0 Å². The number of benzene rings is 2. The van der Waals surface area contributed by atoms with Gasteiger partial charge in [-0.25, -0.2) is 0 Å². The molecule has 19 heavy (non-hydrogen) atoms. The molecule has 0 aromatic heterocycles. The molecule has 0 aliphatic rings. The van der Waals surface area contributed by atoms with Gasteiger partial charge < -0.3 is 10.5 Å². The van der Waals surface area contributed by atoms with Crippen molar-refractivity contribution in [3.05, 3.63) is 58.1 Å². The van der Waals surface area contributed by atoms with Crippen LogP contribution in [0.1, 0.15) is 12.5 Å². The number of halogens is 2. The number of rotatable bonds is 4. The standard InChI is InChI=1S/C15H15Cl2NO/c1-10(18)7-11-3-2-4-13(8-11)19-15-6-5-12(16)9-14(15)17/h2-6,8-10H,7,18H2,1H3. The van der Waals surface area contributed by atoms with Crippen LogP contribution in [0.15, 0.2) is 42.5 Å². The molecule has 0 saturated carbocycles. The Hall–Kier alpha value is -1.22. The molecule has 0 amide bonds. The van der Waals surface area contributed by atoms with E-state index in [0.717, 1.165) is 17.7 Å². The van der Waals surface area contributed by atoms with Crippen molar-refractivity contribution in [1.82, 2.24) is 0 Å². The summed E-state index contributed by atoms with van der Waals surface area (Å²) in [6, 6.07) is 13.1. The lowest BCUT2D eigenvalue weighted by molar-refractivity contribution is 0.482. The molecule has 2 aromatic rings. The molecule has 2 nitrogen and oxygen atoms in total. The van der Waals surface area contributed by atoms with Gasteiger partial charge in [0, 0.05) is 11.1 Å². The molecule has 1 unspecified atom stereocenters. The molecule has 2 aromatic carbocycles. The molecule has 0 spiro atoms. The van der Waals surface area contributed by atoms with Gasteiger partial charge in [0.15, 0.2) is 0 Å². The van der Waals surface area contributed by atoms with Gasteiger partial charge in [-0.2, -0.15) is 0 Å². The van der Waals surface area contributed by atoms with E-state index >= 15 is 0 Å². The van der Waals surface area contributed by atoms with Crippen LogP contribution in [0.5, 0.6) is 11.5 Å². The maximum atomic E-state index is 6.07. The summed E-state index contributed by atoms with van der Waals surface area (Å²) in [7, 11) is 0. The van der Waals surface area contributed by atoms with Gasteiger partial charge in [0.25, 0.3) is 0 Å². The smallest absolute Gasteiger partial charge is 0.146 e. The van der Waals surface area contributed by atoms with Crippen LogP contribution in [0.2, 0.25) is 10.0 Å². The summed E-state index contributed by atoms with van der Waals surface area (Å²) >= 11 is 11.9. The highest BCUT2D eigenvalue weighted by Crippen LogP contribution is 2.31. The van der Waals surface area contributed by atoms with Gasteiger partial charge in [0.2, 0.25) is 0 Å². The van der Waals surface area contributed by atoms with E-state index in [-0.39, 0.29) is 6.04 Å². The average molecular weight is 296 g/mol. The molecule has 0 aliphatic carbocycles. The van der Waals surface area contributed by atoms with Crippen molar-refractivity contribution < 1.29 is 4.74 Å². The van der Waals surface area contributed by atoms with E-state index in [1.807, 2.05) is 31.2 Å². The van der Waals surface area contributed by atoms with E-state index in [1.165, 1.54) is 0 Å². The summed E-state index contributed by atoms with van der Waals surface area (Å²) in [6.07, 6.45) is 0.811. The maximum Gasteiger partial charge on any atom is 0.146 e. The first-order valence-corrected chi connectivity index (χ1v) is 6.77. The van der Waals surface area contributed by atoms with Gasteiger partial charge in [0.1, 0.15) is 11.5 Å². The minimum absolute atomic E-state index is 0.120. The summed E-state index contributed by atoms with van der Waals surface area (Å²) in [5.74, 6) is 1.33. The van der Waals surface area contributed by atoms with Crippen LogP contribution in [-0.4, -0.2) is 6.04 Å². The van der Waals surface area contributed by atoms with Crippen LogP contribution in [-0.2, 0) is 6.42 Å². The van der Waals surface area contributed by atoms with Crippen molar-refractivity contribution in [3.8, 4) is 11.5 Å². The van der Waals surface area contributed by atoms with Gasteiger partial charge in [0.05, 0.1) is 5.02 Å². The zero-order valence-electron chi connectivity index (χ0n) is 10.6. The Balaban J connectivity index is 2.18. The molecule has 2 N–H and O–H groups in total. The van der Waals surface area contributed by atoms with E-state index in [2.05, 4.69) is 0 Å². The lowest BCUT2D eigenvalue weighted by Crippen LogP contribution is -2.17. The second-order valence-corrected chi connectivity index (χ2v) is 5.35. The number of ether oxygens (including phenoxy) is 1.